The van der Waals surface area contributed by atoms with Gasteiger partial charge in [0.1, 0.15) is 7.85 Å². The molecule has 4 heteroatoms. The Balaban J connectivity index is 2.21. The summed E-state index contributed by atoms with van der Waals surface area (Å²) in [7, 11) is 1.93. The molecule has 0 aromatic rings. The number of hydrogen-bond acceptors (Lipinski definition) is 3. The van der Waals surface area contributed by atoms with Crippen molar-refractivity contribution in [2.45, 2.75) is 24.4 Å². The minimum Gasteiger partial charge on any atom is -0.396 e. The molecular weight excluding hydrogens is 143 g/mol. The zero-order valence-corrected chi connectivity index (χ0v) is 6.57. The summed E-state index contributed by atoms with van der Waals surface area (Å²) in [5, 5.41) is 27.9. The molecule has 5 atom stereocenters. The lowest BCUT2D eigenvalue weighted by Gasteiger charge is -2.20. The number of fused-ring (bicyclic) bond motifs is 1. The van der Waals surface area contributed by atoms with E-state index in [1.807, 2.05) is 7.85 Å². The van der Waals surface area contributed by atoms with Crippen LogP contribution in [0.15, 0.2) is 0 Å². The Morgan fingerprint density at radius 3 is 2.36 bits per heavy atom. The lowest BCUT2D eigenvalue weighted by atomic mass is 9.81. The van der Waals surface area contributed by atoms with E-state index in [1.54, 1.807) is 0 Å². The SMILES string of the molecule is B[C@H]1[C@H](O)[C@H](O)[C@@]2(CO)C[C@H]12. The first-order valence-corrected chi connectivity index (χ1v) is 4.10. The van der Waals surface area contributed by atoms with Gasteiger partial charge in [0.05, 0.1) is 18.8 Å². The van der Waals surface area contributed by atoms with Gasteiger partial charge in [0.25, 0.3) is 0 Å². The number of rotatable bonds is 1. The summed E-state index contributed by atoms with van der Waals surface area (Å²) in [5.74, 6) is 0.495. The molecule has 0 unspecified atom stereocenters. The fourth-order valence-corrected chi connectivity index (χ4v) is 2.54. The lowest BCUT2D eigenvalue weighted by molar-refractivity contribution is -0.0181. The van der Waals surface area contributed by atoms with E-state index in [0.29, 0.717) is 5.92 Å². The van der Waals surface area contributed by atoms with E-state index < -0.39 is 12.2 Å². The van der Waals surface area contributed by atoms with Gasteiger partial charge in [0.15, 0.2) is 0 Å². The van der Waals surface area contributed by atoms with Crippen LogP contribution in [0.4, 0.5) is 0 Å². The predicted molar refractivity (Wildman–Crippen MR) is 41.9 cm³/mol. The highest BCUT2D eigenvalue weighted by atomic mass is 16.3. The van der Waals surface area contributed by atoms with Crippen LogP contribution in [0.3, 0.4) is 0 Å². The van der Waals surface area contributed by atoms with Crippen molar-refractivity contribution in [1.29, 1.82) is 0 Å². The molecule has 0 radical (unpaired) electrons. The first-order chi connectivity index (χ1) is 5.13. The number of aliphatic hydroxyl groups is 3. The Morgan fingerprint density at radius 2 is 2.09 bits per heavy atom. The molecule has 0 saturated heterocycles. The van der Waals surface area contributed by atoms with Crippen molar-refractivity contribution in [1.82, 2.24) is 0 Å². The van der Waals surface area contributed by atoms with Gasteiger partial charge in [-0.1, -0.05) is 0 Å². The molecule has 0 aromatic carbocycles. The van der Waals surface area contributed by atoms with E-state index in [2.05, 4.69) is 0 Å². The molecule has 2 aliphatic carbocycles. The Kier molecular flexibility index (Phi) is 1.38. The Labute approximate surface area is 66.5 Å². The third kappa shape index (κ3) is 0.700. The summed E-state index contributed by atoms with van der Waals surface area (Å²) < 4.78 is 0. The quantitative estimate of drug-likeness (QED) is 0.390. The maximum Gasteiger partial charge on any atom is 0.109 e. The van der Waals surface area contributed by atoms with Gasteiger partial charge in [0.2, 0.25) is 0 Å². The third-order valence-corrected chi connectivity index (χ3v) is 3.56. The third-order valence-electron chi connectivity index (χ3n) is 3.56. The van der Waals surface area contributed by atoms with Crippen molar-refractivity contribution in [2.75, 3.05) is 6.61 Å². The van der Waals surface area contributed by atoms with Crippen LogP contribution in [-0.2, 0) is 0 Å². The highest BCUT2D eigenvalue weighted by molar-refractivity contribution is 6.13. The van der Waals surface area contributed by atoms with Crippen LogP contribution in [0.25, 0.3) is 0 Å². The van der Waals surface area contributed by atoms with Gasteiger partial charge in [0, 0.05) is 5.41 Å². The first kappa shape index (κ1) is 7.59. The highest BCUT2D eigenvalue weighted by Crippen LogP contribution is 2.67. The molecule has 2 fully saturated rings. The zero-order chi connectivity index (χ0) is 8.22. The summed E-state index contributed by atoms with van der Waals surface area (Å²) in [4.78, 5) is 0. The lowest BCUT2D eigenvalue weighted by Crippen LogP contribution is -2.33. The fraction of sp³-hybridized carbons (Fsp3) is 1.00. The summed E-state index contributed by atoms with van der Waals surface area (Å²) >= 11 is 0. The van der Waals surface area contributed by atoms with E-state index >= 15 is 0 Å². The molecule has 3 N–H and O–H groups in total. The molecule has 0 spiro atoms. The average Bonchev–Trinajstić information content (AvgIpc) is 2.71. The molecule has 62 valence electrons. The van der Waals surface area contributed by atoms with Crippen molar-refractivity contribution < 1.29 is 15.3 Å². The van der Waals surface area contributed by atoms with Crippen molar-refractivity contribution in [3.05, 3.63) is 0 Å². The summed E-state index contributed by atoms with van der Waals surface area (Å²) in [5.41, 5.74) is -0.334. The Hall–Kier alpha value is -0.0551. The monoisotopic (exact) mass is 156 g/mol. The van der Waals surface area contributed by atoms with Crippen LogP contribution in [0.1, 0.15) is 6.42 Å². The first-order valence-electron chi connectivity index (χ1n) is 4.10. The maximum absolute atomic E-state index is 9.52. The molecular formula is C7H13BO3. The van der Waals surface area contributed by atoms with Gasteiger partial charge in [-0.15, -0.1) is 0 Å². The van der Waals surface area contributed by atoms with Crippen LogP contribution in [0.2, 0.25) is 5.82 Å². The summed E-state index contributed by atoms with van der Waals surface area (Å²) in [6, 6.07) is 0. The second-order valence-corrected chi connectivity index (χ2v) is 4.00. The molecule has 0 bridgehead atoms. The van der Waals surface area contributed by atoms with Crippen LogP contribution < -0.4 is 0 Å². The van der Waals surface area contributed by atoms with Crippen molar-refractivity contribution in [3.8, 4) is 0 Å². The van der Waals surface area contributed by atoms with Crippen LogP contribution >= 0.6 is 0 Å². The van der Waals surface area contributed by atoms with Crippen LogP contribution in [-0.4, -0.2) is 42.0 Å². The molecule has 0 amide bonds. The molecule has 0 aliphatic heterocycles. The van der Waals surface area contributed by atoms with Gasteiger partial charge in [-0.3, -0.25) is 0 Å². The Morgan fingerprint density at radius 1 is 1.45 bits per heavy atom. The van der Waals surface area contributed by atoms with E-state index in [-0.39, 0.29) is 17.8 Å². The van der Waals surface area contributed by atoms with E-state index in [9.17, 15) is 10.2 Å². The minimum atomic E-state index is -0.701. The summed E-state index contributed by atoms with van der Waals surface area (Å²) in [6.45, 7) is 0.0141. The molecule has 0 aromatic heterocycles. The second kappa shape index (κ2) is 2.00. The number of aliphatic hydroxyl groups excluding tert-OH is 3. The largest absolute Gasteiger partial charge is 0.396 e. The highest BCUT2D eigenvalue weighted by Gasteiger charge is 2.68. The minimum absolute atomic E-state index is 0.0141. The molecule has 0 heterocycles. The van der Waals surface area contributed by atoms with Crippen molar-refractivity contribution >= 4 is 7.85 Å². The fourth-order valence-electron chi connectivity index (χ4n) is 2.54. The predicted octanol–water partition coefficient (Wildman–Crippen LogP) is -1.86. The molecule has 3 nitrogen and oxygen atoms in total. The second-order valence-electron chi connectivity index (χ2n) is 4.00. The van der Waals surface area contributed by atoms with Gasteiger partial charge >= 0.3 is 0 Å². The van der Waals surface area contributed by atoms with Gasteiger partial charge in [-0.25, -0.2) is 0 Å². The van der Waals surface area contributed by atoms with Gasteiger partial charge < -0.3 is 15.3 Å². The average molecular weight is 156 g/mol. The zero-order valence-electron chi connectivity index (χ0n) is 6.57. The smallest absolute Gasteiger partial charge is 0.109 e. The van der Waals surface area contributed by atoms with Crippen molar-refractivity contribution in [2.24, 2.45) is 11.3 Å². The molecule has 11 heavy (non-hydrogen) atoms. The molecule has 2 saturated carbocycles. The summed E-state index contributed by atoms with van der Waals surface area (Å²) in [6.07, 6.45) is -0.448. The van der Waals surface area contributed by atoms with E-state index in [1.165, 1.54) is 0 Å². The normalized spacial score (nSPS) is 61.0. The van der Waals surface area contributed by atoms with Gasteiger partial charge in [-0.2, -0.15) is 0 Å². The van der Waals surface area contributed by atoms with Crippen LogP contribution in [0, 0.1) is 11.3 Å². The molecule has 2 rings (SSSR count). The van der Waals surface area contributed by atoms with Crippen molar-refractivity contribution in [3.63, 3.8) is 0 Å². The maximum atomic E-state index is 9.52. The number of hydrogen-bond donors (Lipinski definition) is 3. The Bertz CT molecular complexity index is 185. The standard InChI is InChI=1S/C7H13BO3/c8-4-3-1-7(3,2-9)6(11)5(4)10/h3-6,9-11H,1-2,8H2/t3-,4-,5+,6+,7-/m1/s1. The van der Waals surface area contributed by atoms with Crippen LogP contribution in [0.5, 0.6) is 0 Å². The van der Waals surface area contributed by atoms with E-state index in [0.717, 1.165) is 6.42 Å². The van der Waals surface area contributed by atoms with E-state index in [4.69, 9.17) is 5.11 Å². The topological polar surface area (TPSA) is 60.7 Å². The molecule has 2 aliphatic rings. The van der Waals surface area contributed by atoms with Gasteiger partial charge in [-0.05, 0) is 18.2 Å².